The standard InChI is InChI=1S/C14H16ClO3P/c1-2-17-19(16,18-12-7-6-11-15)13-10-14-8-4-3-5-9-14/h3-9H,2,11-12H2,1H3/b7-6+. The summed E-state index contributed by atoms with van der Waals surface area (Å²) in [6, 6.07) is 9.27. The molecule has 0 heterocycles. The van der Waals surface area contributed by atoms with Crippen molar-refractivity contribution in [2.24, 2.45) is 0 Å². The van der Waals surface area contributed by atoms with Crippen molar-refractivity contribution in [3.63, 3.8) is 0 Å². The van der Waals surface area contributed by atoms with E-state index in [0.717, 1.165) is 5.56 Å². The maximum absolute atomic E-state index is 12.3. The van der Waals surface area contributed by atoms with Crippen molar-refractivity contribution < 1.29 is 13.6 Å². The molecular weight excluding hydrogens is 283 g/mol. The highest BCUT2D eigenvalue weighted by molar-refractivity contribution is 7.59. The fraction of sp³-hybridized carbons (Fsp3) is 0.286. The smallest absolute Gasteiger partial charge is 0.300 e. The Morgan fingerprint density at radius 1 is 1.26 bits per heavy atom. The lowest BCUT2D eigenvalue weighted by Crippen LogP contribution is -1.94. The summed E-state index contributed by atoms with van der Waals surface area (Å²) in [6.07, 6.45) is 3.39. The van der Waals surface area contributed by atoms with Crippen LogP contribution < -0.4 is 0 Å². The van der Waals surface area contributed by atoms with Crippen molar-refractivity contribution in [3.8, 4) is 11.6 Å². The zero-order valence-corrected chi connectivity index (χ0v) is 12.4. The molecule has 1 unspecified atom stereocenters. The fourth-order valence-electron chi connectivity index (χ4n) is 1.20. The summed E-state index contributed by atoms with van der Waals surface area (Å²) in [4.78, 5) is 0. The Balaban J connectivity index is 2.74. The summed E-state index contributed by atoms with van der Waals surface area (Å²) >= 11 is 5.48. The van der Waals surface area contributed by atoms with E-state index < -0.39 is 7.60 Å². The van der Waals surface area contributed by atoms with Gasteiger partial charge in [-0.2, -0.15) is 0 Å². The first-order chi connectivity index (χ1) is 9.20. The van der Waals surface area contributed by atoms with Crippen LogP contribution in [-0.2, 0) is 13.6 Å². The van der Waals surface area contributed by atoms with Crippen LogP contribution in [0.2, 0.25) is 0 Å². The zero-order valence-electron chi connectivity index (χ0n) is 10.7. The molecule has 0 N–H and O–H groups in total. The molecule has 0 aliphatic heterocycles. The Kier molecular flexibility index (Phi) is 7.55. The molecule has 0 fully saturated rings. The van der Waals surface area contributed by atoms with Crippen molar-refractivity contribution in [1.82, 2.24) is 0 Å². The molecule has 0 aliphatic rings. The molecule has 0 amide bonds. The molecule has 102 valence electrons. The lowest BCUT2D eigenvalue weighted by atomic mass is 10.2. The van der Waals surface area contributed by atoms with Crippen molar-refractivity contribution in [3.05, 3.63) is 48.0 Å². The highest BCUT2D eigenvalue weighted by Crippen LogP contribution is 2.46. The number of alkyl halides is 1. The van der Waals surface area contributed by atoms with Crippen molar-refractivity contribution in [2.45, 2.75) is 6.92 Å². The lowest BCUT2D eigenvalue weighted by molar-refractivity contribution is 0.239. The average Bonchev–Trinajstić information content (AvgIpc) is 2.43. The average molecular weight is 299 g/mol. The second kappa shape index (κ2) is 8.96. The second-order valence-corrected chi connectivity index (χ2v) is 5.48. The highest BCUT2D eigenvalue weighted by Gasteiger charge is 2.20. The first-order valence-corrected chi connectivity index (χ1v) is 7.96. The summed E-state index contributed by atoms with van der Waals surface area (Å²) < 4.78 is 22.6. The van der Waals surface area contributed by atoms with Gasteiger partial charge in [0.1, 0.15) is 0 Å². The molecule has 0 bridgehead atoms. The quantitative estimate of drug-likeness (QED) is 0.344. The minimum absolute atomic E-state index is 0.160. The predicted octanol–water partition coefficient (Wildman–Crippen LogP) is 4.04. The van der Waals surface area contributed by atoms with E-state index in [1.165, 1.54) is 0 Å². The number of benzene rings is 1. The minimum Gasteiger partial charge on any atom is -0.300 e. The molecule has 3 nitrogen and oxygen atoms in total. The van der Waals surface area contributed by atoms with E-state index >= 15 is 0 Å². The molecule has 19 heavy (non-hydrogen) atoms. The molecule has 1 aromatic carbocycles. The molecule has 0 aromatic heterocycles. The van der Waals surface area contributed by atoms with Gasteiger partial charge in [-0.15, -0.1) is 11.6 Å². The molecule has 1 atom stereocenters. The number of rotatable bonds is 6. The molecule has 0 saturated carbocycles. The van der Waals surface area contributed by atoms with Crippen LogP contribution in [0.3, 0.4) is 0 Å². The fourth-order valence-corrected chi connectivity index (χ4v) is 2.42. The lowest BCUT2D eigenvalue weighted by Gasteiger charge is -2.10. The molecule has 0 spiro atoms. The summed E-state index contributed by atoms with van der Waals surface area (Å²) in [5, 5.41) is 0. The monoisotopic (exact) mass is 298 g/mol. The normalized spacial score (nSPS) is 13.8. The van der Waals surface area contributed by atoms with E-state index in [4.69, 9.17) is 20.6 Å². The zero-order chi connectivity index (χ0) is 14.0. The Bertz CT molecular complexity index is 502. The van der Waals surface area contributed by atoms with Gasteiger partial charge in [0.25, 0.3) is 0 Å². The molecular formula is C14H16ClO3P. The molecule has 5 heteroatoms. The molecule has 1 aromatic rings. The van der Waals surface area contributed by atoms with E-state index in [2.05, 4.69) is 11.6 Å². The van der Waals surface area contributed by atoms with Crippen LogP contribution in [0.4, 0.5) is 0 Å². The molecule has 0 saturated heterocycles. The number of halogens is 1. The number of hydrogen-bond acceptors (Lipinski definition) is 3. The van der Waals surface area contributed by atoms with E-state index in [0.29, 0.717) is 5.88 Å². The second-order valence-electron chi connectivity index (χ2n) is 3.44. The van der Waals surface area contributed by atoms with Crippen molar-refractivity contribution in [1.29, 1.82) is 0 Å². The predicted molar refractivity (Wildman–Crippen MR) is 78.4 cm³/mol. The third-order valence-corrected chi connectivity index (χ3v) is 3.66. The van der Waals surface area contributed by atoms with Gasteiger partial charge in [-0.3, -0.25) is 9.05 Å². The van der Waals surface area contributed by atoms with Gasteiger partial charge >= 0.3 is 7.60 Å². The summed E-state index contributed by atoms with van der Waals surface area (Å²) in [5.41, 5.74) is 3.35. The third kappa shape index (κ3) is 6.61. The van der Waals surface area contributed by atoms with Gasteiger partial charge in [0.05, 0.1) is 13.2 Å². The van der Waals surface area contributed by atoms with E-state index in [-0.39, 0.29) is 13.2 Å². The van der Waals surface area contributed by atoms with Crippen LogP contribution >= 0.6 is 19.2 Å². The van der Waals surface area contributed by atoms with Crippen LogP contribution in [0.15, 0.2) is 42.5 Å². The van der Waals surface area contributed by atoms with Crippen molar-refractivity contribution >= 4 is 19.2 Å². The number of hydrogen-bond donors (Lipinski definition) is 0. The van der Waals surface area contributed by atoms with Gasteiger partial charge in [0.2, 0.25) is 0 Å². The van der Waals surface area contributed by atoms with E-state index in [1.807, 2.05) is 30.3 Å². The minimum atomic E-state index is -3.38. The Hall–Kier alpha value is -1.04. The SMILES string of the molecule is CCOP(=O)(C#Cc1ccccc1)OC/C=C/CCl. The van der Waals surface area contributed by atoms with Gasteiger partial charge in [0, 0.05) is 17.1 Å². The van der Waals surface area contributed by atoms with Crippen LogP contribution in [-0.4, -0.2) is 19.1 Å². The molecule has 1 rings (SSSR count). The highest BCUT2D eigenvalue weighted by atomic mass is 35.5. The van der Waals surface area contributed by atoms with Crippen LogP contribution in [0.1, 0.15) is 12.5 Å². The summed E-state index contributed by atoms with van der Waals surface area (Å²) in [5.74, 6) is 3.18. The molecule has 0 aliphatic carbocycles. The number of allylic oxidation sites excluding steroid dienone is 1. The summed E-state index contributed by atoms with van der Waals surface area (Å²) in [6.45, 7) is 2.18. The van der Waals surface area contributed by atoms with Crippen LogP contribution in [0, 0.1) is 11.6 Å². The van der Waals surface area contributed by atoms with Gasteiger partial charge in [-0.05, 0) is 19.1 Å². The van der Waals surface area contributed by atoms with Crippen LogP contribution in [0.25, 0.3) is 0 Å². The van der Waals surface area contributed by atoms with Gasteiger partial charge < -0.3 is 0 Å². The Morgan fingerprint density at radius 2 is 2.00 bits per heavy atom. The largest absolute Gasteiger partial charge is 0.406 e. The van der Waals surface area contributed by atoms with E-state index in [9.17, 15) is 4.57 Å². The first-order valence-electron chi connectivity index (χ1n) is 5.88. The van der Waals surface area contributed by atoms with Crippen molar-refractivity contribution in [2.75, 3.05) is 19.1 Å². The maximum Gasteiger partial charge on any atom is 0.406 e. The topological polar surface area (TPSA) is 35.5 Å². The van der Waals surface area contributed by atoms with Crippen LogP contribution in [0.5, 0.6) is 0 Å². The molecule has 0 radical (unpaired) electrons. The maximum atomic E-state index is 12.3. The first kappa shape index (κ1) is 16.0. The van der Waals surface area contributed by atoms with Gasteiger partial charge in [-0.1, -0.05) is 36.3 Å². The van der Waals surface area contributed by atoms with E-state index in [1.54, 1.807) is 19.1 Å². The Labute approximate surface area is 119 Å². The summed E-state index contributed by atoms with van der Waals surface area (Å²) in [7, 11) is -3.38. The van der Waals surface area contributed by atoms with Gasteiger partial charge in [0.15, 0.2) is 0 Å². The third-order valence-electron chi connectivity index (χ3n) is 2.01. The Morgan fingerprint density at radius 3 is 2.63 bits per heavy atom. The van der Waals surface area contributed by atoms with Gasteiger partial charge in [-0.25, -0.2) is 4.57 Å².